The number of rotatable bonds is 2. The van der Waals surface area contributed by atoms with Crippen LogP contribution in [0, 0.1) is 11.3 Å². The first-order chi connectivity index (χ1) is 9.02. The highest BCUT2D eigenvalue weighted by Gasteiger charge is 2.13. The van der Waals surface area contributed by atoms with Crippen LogP contribution in [0.3, 0.4) is 0 Å². The fourth-order valence-electron chi connectivity index (χ4n) is 1.72. The summed E-state index contributed by atoms with van der Waals surface area (Å²) in [5.74, 6) is 0.0519. The van der Waals surface area contributed by atoms with Gasteiger partial charge in [-0.2, -0.15) is 5.26 Å². The van der Waals surface area contributed by atoms with Crippen molar-refractivity contribution in [3.8, 4) is 17.3 Å². The Bertz CT molecular complexity index is 704. The number of halogens is 1. The van der Waals surface area contributed by atoms with Gasteiger partial charge in [-0.3, -0.25) is 4.79 Å². The average Bonchev–Trinajstić information content (AvgIpc) is 2.40. The van der Waals surface area contributed by atoms with Gasteiger partial charge in [0.25, 0.3) is 0 Å². The lowest BCUT2D eigenvalue weighted by atomic mass is 10.1. The Hall–Kier alpha value is -2.19. The third-order valence-corrected chi connectivity index (χ3v) is 3.25. The van der Waals surface area contributed by atoms with Gasteiger partial charge in [0, 0.05) is 10.0 Å². The molecule has 0 unspecified atom stereocenters. The molecule has 2 rings (SSSR count). The van der Waals surface area contributed by atoms with E-state index in [0.29, 0.717) is 21.3 Å². The number of anilines is 1. The summed E-state index contributed by atoms with van der Waals surface area (Å²) in [7, 11) is 0. The highest BCUT2D eigenvalue weighted by atomic mass is 79.9. The minimum Gasteiger partial charge on any atom is -0.383 e. The van der Waals surface area contributed by atoms with Gasteiger partial charge in [0.15, 0.2) is 5.78 Å². The van der Waals surface area contributed by atoms with Crippen LogP contribution < -0.4 is 5.73 Å². The summed E-state index contributed by atoms with van der Waals surface area (Å²) in [6, 6.07) is 10.8. The molecule has 1 heterocycles. The Kier molecular flexibility index (Phi) is 3.63. The maximum absolute atomic E-state index is 11.4. The van der Waals surface area contributed by atoms with Crippen molar-refractivity contribution in [1.82, 2.24) is 4.98 Å². The number of benzene rings is 1. The number of nitriles is 1. The van der Waals surface area contributed by atoms with Crippen LogP contribution in [0.1, 0.15) is 22.8 Å². The molecule has 0 atom stereocenters. The molecule has 0 spiro atoms. The predicted octanol–water partition coefficient (Wildman–Crippen LogP) is 3.17. The van der Waals surface area contributed by atoms with E-state index in [1.165, 1.54) is 6.92 Å². The summed E-state index contributed by atoms with van der Waals surface area (Å²) in [5.41, 5.74) is 8.09. The van der Waals surface area contributed by atoms with Crippen molar-refractivity contribution in [1.29, 1.82) is 5.26 Å². The van der Waals surface area contributed by atoms with Crippen LogP contribution in [0.5, 0.6) is 0 Å². The normalized spacial score (nSPS) is 9.95. The summed E-state index contributed by atoms with van der Waals surface area (Å²) in [5, 5.41) is 8.90. The van der Waals surface area contributed by atoms with Gasteiger partial charge in [0.1, 0.15) is 5.82 Å². The second-order valence-corrected chi connectivity index (χ2v) is 4.85. The molecule has 0 aliphatic rings. The van der Waals surface area contributed by atoms with Crippen LogP contribution >= 0.6 is 15.9 Å². The summed E-state index contributed by atoms with van der Waals surface area (Å²) >= 11 is 3.38. The topological polar surface area (TPSA) is 79.8 Å². The lowest BCUT2D eigenvalue weighted by Crippen LogP contribution is -2.04. The first kappa shape index (κ1) is 13.2. The van der Waals surface area contributed by atoms with E-state index in [1.54, 1.807) is 24.3 Å². The van der Waals surface area contributed by atoms with Crippen LogP contribution in [-0.4, -0.2) is 10.8 Å². The van der Waals surface area contributed by atoms with E-state index in [1.807, 2.05) is 6.07 Å². The summed E-state index contributed by atoms with van der Waals surface area (Å²) in [6.45, 7) is 1.44. The average molecular weight is 316 g/mol. The zero-order chi connectivity index (χ0) is 14.0. The second kappa shape index (κ2) is 5.21. The van der Waals surface area contributed by atoms with Crippen molar-refractivity contribution in [2.45, 2.75) is 6.92 Å². The van der Waals surface area contributed by atoms with Crippen LogP contribution in [0.4, 0.5) is 5.82 Å². The van der Waals surface area contributed by atoms with E-state index in [4.69, 9.17) is 11.0 Å². The molecule has 2 N–H and O–H groups in total. The smallest absolute Gasteiger partial charge is 0.163 e. The fraction of sp³-hybridized carbons (Fsp3) is 0.0714. The van der Waals surface area contributed by atoms with Gasteiger partial charge in [0.05, 0.1) is 22.9 Å². The highest BCUT2D eigenvalue weighted by molar-refractivity contribution is 9.10. The maximum atomic E-state index is 11.4. The number of hydrogen-bond acceptors (Lipinski definition) is 4. The first-order valence-electron chi connectivity index (χ1n) is 5.50. The number of nitrogens with two attached hydrogens (primary N) is 1. The lowest BCUT2D eigenvalue weighted by Gasteiger charge is -2.08. The van der Waals surface area contributed by atoms with Gasteiger partial charge in [-0.05, 0) is 41.1 Å². The Morgan fingerprint density at radius 3 is 2.79 bits per heavy atom. The molecule has 0 saturated carbocycles. The van der Waals surface area contributed by atoms with E-state index in [2.05, 4.69) is 27.0 Å². The largest absolute Gasteiger partial charge is 0.383 e. The van der Waals surface area contributed by atoms with E-state index >= 15 is 0 Å². The number of carbonyl (C=O) groups is 1. The molecule has 0 aliphatic carbocycles. The van der Waals surface area contributed by atoms with Gasteiger partial charge in [-0.1, -0.05) is 12.1 Å². The van der Waals surface area contributed by atoms with E-state index < -0.39 is 0 Å². The Morgan fingerprint density at radius 2 is 2.16 bits per heavy atom. The Morgan fingerprint density at radius 1 is 1.42 bits per heavy atom. The van der Waals surface area contributed by atoms with Gasteiger partial charge >= 0.3 is 0 Å². The summed E-state index contributed by atoms with van der Waals surface area (Å²) < 4.78 is 0.669. The molecule has 5 heteroatoms. The maximum Gasteiger partial charge on any atom is 0.163 e. The predicted molar refractivity (Wildman–Crippen MR) is 76.5 cm³/mol. The van der Waals surface area contributed by atoms with Crippen molar-refractivity contribution in [3.63, 3.8) is 0 Å². The van der Waals surface area contributed by atoms with Crippen molar-refractivity contribution < 1.29 is 4.79 Å². The van der Waals surface area contributed by atoms with Crippen molar-refractivity contribution in [2.24, 2.45) is 0 Å². The second-order valence-electron chi connectivity index (χ2n) is 4.00. The monoisotopic (exact) mass is 315 g/mol. The summed E-state index contributed by atoms with van der Waals surface area (Å²) in [6.07, 6.45) is 0. The number of nitrogens with zero attached hydrogens (tertiary/aromatic N) is 2. The molecule has 1 aromatic carbocycles. The van der Waals surface area contributed by atoms with Gasteiger partial charge in [0.2, 0.25) is 0 Å². The molecule has 1 aromatic heterocycles. The quantitative estimate of drug-likeness (QED) is 0.863. The van der Waals surface area contributed by atoms with Crippen LogP contribution in [0.2, 0.25) is 0 Å². The van der Waals surface area contributed by atoms with E-state index in [9.17, 15) is 4.79 Å². The Balaban J connectivity index is 2.60. The Labute approximate surface area is 119 Å². The minimum atomic E-state index is -0.136. The molecule has 0 aliphatic heterocycles. The van der Waals surface area contributed by atoms with Crippen molar-refractivity contribution in [2.75, 3.05) is 5.73 Å². The molecule has 0 radical (unpaired) electrons. The third kappa shape index (κ3) is 2.64. The molecule has 0 fully saturated rings. The highest BCUT2D eigenvalue weighted by Crippen LogP contribution is 2.30. The number of nitrogen functional groups attached to an aromatic ring is 1. The molecule has 0 bridgehead atoms. The van der Waals surface area contributed by atoms with E-state index in [0.717, 1.165) is 5.56 Å². The van der Waals surface area contributed by atoms with E-state index in [-0.39, 0.29) is 11.6 Å². The molecule has 2 aromatic rings. The molecular formula is C14H10BrN3O. The number of ketones is 1. The minimum absolute atomic E-state index is 0.136. The third-order valence-electron chi connectivity index (χ3n) is 2.65. The van der Waals surface area contributed by atoms with Crippen LogP contribution in [0.25, 0.3) is 11.3 Å². The number of aromatic nitrogens is 1. The van der Waals surface area contributed by atoms with Crippen molar-refractivity contribution >= 4 is 27.5 Å². The molecule has 0 amide bonds. The number of hydrogen-bond donors (Lipinski definition) is 1. The SMILES string of the molecule is CC(=O)c1cc(Br)c(-c2cccc(C#N)c2)nc1N. The van der Waals surface area contributed by atoms with Crippen molar-refractivity contribution in [3.05, 3.63) is 45.9 Å². The number of Topliss-reactive ketones (excluding diaryl/α,β-unsaturated/α-hetero) is 1. The molecule has 94 valence electrons. The van der Waals surface area contributed by atoms with Gasteiger partial charge in [-0.15, -0.1) is 0 Å². The van der Waals surface area contributed by atoms with Gasteiger partial charge < -0.3 is 5.73 Å². The number of carbonyl (C=O) groups excluding carboxylic acids is 1. The molecule has 4 nitrogen and oxygen atoms in total. The van der Waals surface area contributed by atoms with Crippen LogP contribution in [-0.2, 0) is 0 Å². The summed E-state index contributed by atoms with van der Waals surface area (Å²) in [4.78, 5) is 15.6. The molecule has 0 saturated heterocycles. The lowest BCUT2D eigenvalue weighted by molar-refractivity contribution is 0.101. The van der Waals surface area contributed by atoms with Crippen LogP contribution in [0.15, 0.2) is 34.8 Å². The standard InChI is InChI=1S/C14H10BrN3O/c1-8(19)11-6-12(15)13(18-14(11)17)10-4-2-3-9(5-10)7-16/h2-6H,1H3,(H2,17,18). The first-order valence-corrected chi connectivity index (χ1v) is 6.29. The molecular weight excluding hydrogens is 306 g/mol. The zero-order valence-electron chi connectivity index (χ0n) is 10.1. The number of pyridine rings is 1. The zero-order valence-corrected chi connectivity index (χ0v) is 11.7. The fourth-order valence-corrected chi connectivity index (χ4v) is 2.27. The molecule has 19 heavy (non-hydrogen) atoms. The van der Waals surface area contributed by atoms with Gasteiger partial charge in [-0.25, -0.2) is 4.98 Å².